The molecule has 6 heteroatoms. The van der Waals surface area contributed by atoms with E-state index in [1.165, 1.54) is 0 Å². The minimum Gasteiger partial charge on any atom is -0.466 e. The first-order valence-corrected chi connectivity index (χ1v) is 8.66. The van der Waals surface area contributed by atoms with Crippen LogP contribution in [0.5, 0.6) is 0 Å². The molecule has 0 aromatic carbocycles. The van der Waals surface area contributed by atoms with Crippen molar-refractivity contribution in [3.63, 3.8) is 0 Å². The Labute approximate surface area is 135 Å². The van der Waals surface area contributed by atoms with E-state index in [9.17, 15) is 9.59 Å². The average Bonchev–Trinajstić information content (AvgIpc) is 2.33. The lowest BCUT2D eigenvalue weighted by Gasteiger charge is -2.13. The fourth-order valence-corrected chi connectivity index (χ4v) is 2.71. The molecule has 2 unspecified atom stereocenters. The Morgan fingerprint density at radius 2 is 1.17 bits per heavy atom. The van der Waals surface area contributed by atoms with Crippen molar-refractivity contribution in [1.82, 2.24) is 0 Å². The van der Waals surface area contributed by atoms with Gasteiger partial charge in [-0.05, 0) is 25.7 Å². The van der Waals surface area contributed by atoms with Gasteiger partial charge in [0.25, 0.3) is 0 Å². The van der Waals surface area contributed by atoms with Crippen LogP contribution in [0.1, 0.15) is 38.5 Å². The van der Waals surface area contributed by atoms with Crippen LogP contribution in [0, 0.1) is 0 Å². The molecule has 0 N–H and O–H groups in total. The van der Waals surface area contributed by atoms with Crippen LogP contribution in [0.3, 0.4) is 0 Å². The SMILES string of the molecule is O=C1CCC(I)CCOC(=O)CCC(I)CCO1. The molecule has 4 nitrogen and oxygen atoms in total. The molecule has 18 heavy (non-hydrogen) atoms. The van der Waals surface area contributed by atoms with Crippen LogP contribution in [0.4, 0.5) is 0 Å². The normalized spacial score (nSPS) is 29.0. The van der Waals surface area contributed by atoms with E-state index in [0.717, 1.165) is 25.7 Å². The zero-order valence-corrected chi connectivity index (χ0v) is 14.5. The Kier molecular flexibility index (Phi) is 8.53. The summed E-state index contributed by atoms with van der Waals surface area (Å²) in [5.74, 6) is -0.233. The highest BCUT2D eigenvalue weighted by Crippen LogP contribution is 2.17. The van der Waals surface area contributed by atoms with E-state index in [-0.39, 0.29) is 11.9 Å². The summed E-state index contributed by atoms with van der Waals surface area (Å²) in [4.78, 5) is 22.9. The Morgan fingerprint density at radius 1 is 0.778 bits per heavy atom. The van der Waals surface area contributed by atoms with Gasteiger partial charge in [0.2, 0.25) is 0 Å². The maximum Gasteiger partial charge on any atom is 0.305 e. The van der Waals surface area contributed by atoms with Crippen LogP contribution >= 0.6 is 45.2 Å². The van der Waals surface area contributed by atoms with Gasteiger partial charge in [0.15, 0.2) is 0 Å². The van der Waals surface area contributed by atoms with Crippen LogP contribution in [0.15, 0.2) is 0 Å². The maximum atomic E-state index is 11.4. The lowest BCUT2D eigenvalue weighted by Crippen LogP contribution is -2.16. The summed E-state index contributed by atoms with van der Waals surface area (Å²) in [6.07, 6.45) is 4.07. The average molecular weight is 480 g/mol. The van der Waals surface area contributed by atoms with E-state index in [2.05, 4.69) is 45.2 Å². The van der Waals surface area contributed by atoms with Crippen LogP contribution in [0.25, 0.3) is 0 Å². The second-order valence-corrected chi connectivity index (χ2v) is 7.81. The Balaban J connectivity index is 2.41. The molecule has 1 fully saturated rings. The molecule has 0 amide bonds. The van der Waals surface area contributed by atoms with Gasteiger partial charge in [-0.25, -0.2) is 0 Å². The summed E-state index contributed by atoms with van der Waals surface area (Å²) in [6, 6.07) is 0. The van der Waals surface area contributed by atoms with Crippen LogP contribution in [0.2, 0.25) is 0 Å². The number of hydrogen-bond donors (Lipinski definition) is 0. The number of alkyl halides is 2. The topological polar surface area (TPSA) is 52.6 Å². The van der Waals surface area contributed by atoms with Crippen molar-refractivity contribution >= 4 is 57.1 Å². The molecule has 0 bridgehead atoms. The van der Waals surface area contributed by atoms with E-state index in [1.54, 1.807) is 0 Å². The summed E-state index contributed by atoms with van der Waals surface area (Å²) in [5.41, 5.74) is 0. The first kappa shape index (κ1) is 16.5. The van der Waals surface area contributed by atoms with Gasteiger partial charge in [0.1, 0.15) is 0 Å². The van der Waals surface area contributed by atoms with Gasteiger partial charge in [-0.3, -0.25) is 9.59 Å². The van der Waals surface area contributed by atoms with Gasteiger partial charge in [-0.1, -0.05) is 45.2 Å². The van der Waals surface area contributed by atoms with E-state index in [1.807, 2.05) is 0 Å². The molecule has 0 saturated carbocycles. The lowest BCUT2D eigenvalue weighted by atomic mass is 10.2. The molecule has 1 rings (SSSR count). The van der Waals surface area contributed by atoms with Crippen molar-refractivity contribution in [3.05, 3.63) is 0 Å². The van der Waals surface area contributed by atoms with E-state index >= 15 is 0 Å². The van der Waals surface area contributed by atoms with Crippen molar-refractivity contribution in [2.24, 2.45) is 0 Å². The van der Waals surface area contributed by atoms with Crippen molar-refractivity contribution in [3.8, 4) is 0 Å². The number of hydrogen-bond acceptors (Lipinski definition) is 4. The van der Waals surface area contributed by atoms with Gasteiger partial charge in [0.05, 0.1) is 13.2 Å². The van der Waals surface area contributed by atoms with Crippen LogP contribution in [-0.2, 0) is 19.1 Å². The quantitative estimate of drug-likeness (QED) is 0.304. The summed E-state index contributed by atoms with van der Waals surface area (Å²) in [5, 5.41) is 0. The largest absolute Gasteiger partial charge is 0.466 e. The van der Waals surface area contributed by atoms with Gasteiger partial charge < -0.3 is 9.47 Å². The summed E-state index contributed by atoms with van der Waals surface area (Å²) in [6.45, 7) is 0.904. The number of ether oxygens (including phenoxy) is 2. The van der Waals surface area contributed by atoms with E-state index in [0.29, 0.717) is 33.9 Å². The maximum absolute atomic E-state index is 11.4. The zero-order valence-electron chi connectivity index (χ0n) is 10.2. The van der Waals surface area contributed by atoms with Gasteiger partial charge in [-0.15, -0.1) is 0 Å². The Morgan fingerprint density at radius 3 is 1.56 bits per heavy atom. The number of esters is 2. The summed E-state index contributed by atoms with van der Waals surface area (Å²) >= 11 is 4.58. The van der Waals surface area contributed by atoms with Gasteiger partial charge >= 0.3 is 11.9 Å². The molecule has 104 valence electrons. The van der Waals surface area contributed by atoms with Crippen LogP contribution < -0.4 is 0 Å². The summed E-state index contributed by atoms with van der Waals surface area (Å²) in [7, 11) is 0. The molecular weight excluding hydrogens is 462 g/mol. The van der Waals surface area contributed by atoms with Crippen molar-refractivity contribution < 1.29 is 19.1 Å². The standard InChI is InChI=1S/C12H18I2O4/c13-9-1-3-11(15)17-8-6-10(14)2-4-12(16)18-7-5-9/h9-10H,1-8H2. The fourth-order valence-electron chi connectivity index (χ4n) is 1.58. The first-order valence-electron chi connectivity index (χ1n) is 6.17. The number of carbonyl (C=O) groups excluding carboxylic acids is 2. The fraction of sp³-hybridized carbons (Fsp3) is 0.833. The highest BCUT2D eigenvalue weighted by atomic mass is 127. The highest BCUT2D eigenvalue weighted by molar-refractivity contribution is 14.1. The third-order valence-electron chi connectivity index (χ3n) is 2.71. The second-order valence-electron chi connectivity index (χ2n) is 4.29. The molecule has 1 heterocycles. The number of cyclic esters (lactones) is 2. The smallest absolute Gasteiger partial charge is 0.305 e. The Bertz CT molecular complexity index is 255. The molecular formula is C12H18I2O4. The van der Waals surface area contributed by atoms with E-state index in [4.69, 9.17) is 9.47 Å². The number of carbonyl (C=O) groups is 2. The molecule has 1 aliphatic heterocycles. The number of rotatable bonds is 0. The third-order valence-corrected chi connectivity index (χ3v) is 5.20. The molecule has 0 aromatic heterocycles. The van der Waals surface area contributed by atoms with Gasteiger partial charge in [-0.2, -0.15) is 0 Å². The van der Waals surface area contributed by atoms with Crippen molar-refractivity contribution in [1.29, 1.82) is 0 Å². The number of halogens is 2. The molecule has 2 atom stereocenters. The molecule has 1 saturated heterocycles. The molecule has 0 radical (unpaired) electrons. The predicted molar refractivity (Wildman–Crippen MR) is 85.2 cm³/mol. The minimum atomic E-state index is -0.116. The molecule has 0 aliphatic carbocycles. The lowest BCUT2D eigenvalue weighted by molar-refractivity contribution is -0.145. The Hall–Kier alpha value is 0.400. The molecule has 1 aliphatic rings. The first-order chi connectivity index (χ1) is 8.58. The van der Waals surface area contributed by atoms with Crippen molar-refractivity contribution in [2.75, 3.05) is 13.2 Å². The highest BCUT2D eigenvalue weighted by Gasteiger charge is 2.14. The predicted octanol–water partition coefficient (Wildman–Crippen LogP) is 3.03. The van der Waals surface area contributed by atoms with Crippen molar-refractivity contribution in [2.45, 2.75) is 46.4 Å². The molecule has 0 spiro atoms. The van der Waals surface area contributed by atoms with E-state index < -0.39 is 0 Å². The van der Waals surface area contributed by atoms with Crippen LogP contribution in [-0.4, -0.2) is 33.0 Å². The summed E-state index contributed by atoms with van der Waals surface area (Å²) < 4.78 is 11.0. The monoisotopic (exact) mass is 480 g/mol. The molecule has 0 aromatic rings. The zero-order chi connectivity index (χ0) is 13.4. The second kappa shape index (κ2) is 9.33. The van der Waals surface area contributed by atoms with Gasteiger partial charge in [0, 0.05) is 20.7 Å². The minimum absolute atomic E-state index is 0.116. The third kappa shape index (κ3) is 7.75.